The molecule has 0 fully saturated rings. The van der Waals surface area contributed by atoms with E-state index in [-0.39, 0.29) is 11.9 Å². The predicted molar refractivity (Wildman–Crippen MR) is 106 cm³/mol. The average Bonchev–Trinajstić information content (AvgIpc) is 2.67. The molecule has 3 rings (SSSR count). The fourth-order valence-electron chi connectivity index (χ4n) is 3.31. The summed E-state index contributed by atoms with van der Waals surface area (Å²) in [5.41, 5.74) is 0.511. The standard InChI is InChI=1S/C22H27NO5/c1-14(27-17-8-6-7-15(11-17)25-4)21(24)23-19-13-22(2,3)28-20-10-9-16(26-5)12-18(19)20/h6-12,14,19H,13H2,1-5H3,(H,23,24)/t14-,19+/m1/s1. The van der Waals surface area contributed by atoms with Crippen LogP contribution in [0.15, 0.2) is 42.5 Å². The molecule has 1 N–H and O–H groups in total. The van der Waals surface area contributed by atoms with Gasteiger partial charge in [-0.3, -0.25) is 4.79 Å². The van der Waals surface area contributed by atoms with Crippen LogP contribution in [0.4, 0.5) is 0 Å². The van der Waals surface area contributed by atoms with Crippen LogP contribution in [0.3, 0.4) is 0 Å². The van der Waals surface area contributed by atoms with Gasteiger partial charge in [0, 0.05) is 18.1 Å². The molecule has 0 bridgehead atoms. The Morgan fingerprint density at radius 2 is 1.79 bits per heavy atom. The van der Waals surface area contributed by atoms with Crippen LogP contribution in [0.2, 0.25) is 0 Å². The van der Waals surface area contributed by atoms with Crippen molar-refractivity contribution in [3.8, 4) is 23.0 Å². The number of carbonyl (C=O) groups is 1. The molecule has 150 valence electrons. The maximum atomic E-state index is 12.8. The second-order valence-corrected chi connectivity index (χ2v) is 7.47. The molecule has 0 aromatic heterocycles. The minimum atomic E-state index is -0.660. The normalized spacial score (nSPS) is 18.2. The van der Waals surface area contributed by atoms with E-state index in [1.54, 1.807) is 33.3 Å². The molecule has 0 spiro atoms. The van der Waals surface area contributed by atoms with Crippen molar-refractivity contribution in [3.63, 3.8) is 0 Å². The Kier molecular flexibility index (Phi) is 5.68. The monoisotopic (exact) mass is 385 g/mol. The fraction of sp³-hybridized carbons (Fsp3) is 0.409. The fourth-order valence-corrected chi connectivity index (χ4v) is 3.31. The molecule has 0 radical (unpaired) electrons. The number of ether oxygens (including phenoxy) is 4. The van der Waals surface area contributed by atoms with Crippen molar-refractivity contribution in [3.05, 3.63) is 48.0 Å². The van der Waals surface area contributed by atoms with E-state index in [1.807, 2.05) is 44.2 Å². The van der Waals surface area contributed by atoms with Gasteiger partial charge in [-0.1, -0.05) is 6.07 Å². The van der Waals surface area contributed by atoms with Gasteiger partial charge in [0.2, 0.25) is 0 Å². The summed E-state index contributed by atoms with van der Waals surface area (Å²) >= 11 is 0. The first kappa shape index (κ1) is 19.9. The van der Waals surface area contributed by atoms with E-state index in [9.17, 15) is 4.79 Å². The second kappa shape index (κ2) is 8.00. The van der Waals surface area contributed by atoms with Gasteiger partial charge < -0.3 is 24.3 Å². The number of rotatable bonds is 6. The first-order valence-corrected chi connectivity index (χ1v) is 9.29. The molecule has 2 aromatic carbocycles. The van der Waals surface area contributed by atoms with Gasteiger partial charge in [-0.25, -0.2) is 0 Å². The van der Waals surface area contributed by atoms with Crippen LogP contribution in [-0.2, 0) is 4.79 Å². The number of nitrogens with one attached hydrogen (secondary N) is 1. The van der Waals surface area contributed by atoms with E-state index in [4.69, 9.17) is 18.9 Å². The van der Waals surface area contributed by atoms with Crippen molar-refractivity contribution < 1.29 is 23.7 Å². The molecule has 0 saturated heterocycles. The highest BCUT2D eigenvalue weighted by atomic mass is 16.5. The number of carbonyl (C=O) groups excluding carboxylic acids is 1. The van der Waals surface area contributed by atoms with Crippen LogP contribution in [0.25, 0.3) is 0 Å². The van der Waals surface area contributed by atoms with Crippen LogP contribution < -0.4 is 24.3 Å². The van der Waals surface area contributed by atoms with Gasteiger partial charge in [0.1, 0.15) is 28.6 Å². The first-order chi connectivity index (χ1) is 13.3. The van der Waals surface area contributed by atoms with Crippen molar-refractivity contribution >= 4 is 5.91 Å². The third-order valence-electron chi connectivity index (χ3n) is 4.71. The van der Waals surface area contributed by atoms with Gasteiger partial charge in [0.25, 0.3) is 5.91 Å². The molecule has 1 aliphatic rings. The molecule has 2 atom stereocenters. The van der Waals surface area contributed by atoms with E-state index >= 15 is 0 Å². The Morgan fingerprint density at radius 1 is 1.11 bits per heavy atom. The zero-order valence-electron chi connectivity index (χ0n) is 16.9. The van der Waals surface area contributed by atoms with Gasteiger partial charge in [-0.2, -0.15) is 0 Å². The van der Waals surface area contributed by atoms with Gasteiger partial charge >= 0.3 is 0 Å². The zero-order chi connectivity index (χ0) is 20.3. The Bertz CT molecular complexity index is 849. The van der Waals surface area contributed by atoms with Crippen molar-refractivity contribution in [1.82, 2.24) is 5.32 Å². The van der Waals surface area contributed by atoms with Gasteiger partial charge in [-0.15, -0.1) is 0 Å². The van der Waals surface area contributed by atoms with Crippen molar-refractivity contribution in [2.45, 2.75) is 44.9 Å². The molecule has 0 saturated carbocycles. The third-order valence-corrected chi connectivity index (χ3v) is 4.71. The maximum absolute atomic E-state index is 12.8. The van der Waals surface area contributed by atoms with Crippen LogP contribution in [0, 0.1) is 0 Å². The maximum Gasteiger partial charge on any atom is 0.261 e. The highest BCUT2D eigenvalue weighted by Crippen LogP contribution is 2.41. The molecule has 28 heavy (non-hydrogen) atoms. The van der Waals surface area contributed by atoms with Gasteiger partial charge in [-0.05, 0) is 51.1 Å². The Balaban J connectivity index is 1.75. The number of methoxy groups -OCH3 is 2. The quantitative estimate of drug-likeness (QED) is 0.817. The lowest BCUT2D eigenvalue weighted by Gasteiger charge is -2.38. The van der Waals surface area contributed by atoms with Gasteiger partial charge in [0.05, 0.1) is 20.3 Å². The molecule has 6 nitrogen and oxygen atoms in total. The molecule has 0 unspecified atom stereocenters. The Labute approximate surface area is 165 Å². The number of fused-ring (bicyclic) bond motifs is 1. The van der Waals surface area contributed by atoms with E-state index in [2.05, 4.69) is 5.32 Å². The zero-order valence-corrected chi connectivity index (χ0v) is 16.9. The van der Waals surface area contributed by atoms with E-state index in [0.29, 0.717) is 17.9 Å². The number of hydrogen-bond acceptors (Lipinski definition) is 5. The number of amides is 1. The highest BCUT2D eigenvalue weighted by molar-refractivity contribution is 5.81. The lowest BCUT2D eigenvalue weighted by Crippen LogP contribution is -2.44. The predicted octanol–water partition coefficient (Wildman–Crippen LogP) is 3.89. The topological polar surface area (TPSA) is 66.0 Å². The molecular weight excluding hydrogens is 358 g/mol. The summed E-state index contributed by atoms with van der Waals surface area (Å²) in [5.74, 6) is 2.54. The largest absolute Gasteiger partial charge is 0.497 e. The summed E-state index contributed by atoms with van der Waals surface area (Å²) in [6, 6.07) is 12.6. The van der Waals surface area contributed by atoms with Crippen molar-refractivity contribution in [1.29, 1.82) is 0 Å². The molecule has 1 aliphatic heterocycles. The summed E-state index contributed by atoms with van der Waals surface area (Å²) in [6.07, 6.45) is -0.0164. The van der Waals surface area contributed by atoms with Crippen LogP contribution in [0.5, 0.6) is 23.0 Å². The lowest BCUT2D eigenvalue weighted by molar-refractivity contribution is -0.128. The van der Waals surface area contributed by atoms with Crippen molar-refractivity contribution in [2.24, 2.45) is 0 Å². The summed E-state index contributed by atoms with van der Waals surface area (Å²) in [5, 5.41) is 3.10. The third kappa shape index (κ3) is 4.50. The molecule has 6 heteroatoms. The summed E-state index contributed by atoms with van der Waals surface area (Å²) in [7, 11) is 3.21. The van der Waals surface area contributed by atoms with Crippen molar-refractivity contribution in [2.75, 3.05) is 14.2 Å². The number of benzene rings is 2. The molecule has 1 heterocycles. The SMILES string of the molecule is COc1cccc(O[C@H](C)C(=O)N[C@H]2CC(C)(C)Oc3ccc(OC)cc32)c1. The van der Waals surface area contributed by atoms with Gasteiger partial charge in [0.15, 0.2) is 6.10 Å². The molecule has 2 aromatic rings. The minimum Gasteiger partial charge on any atom is -0.497 e. The lowest BCUT2D eigenvalue weighted by atomic mass is 9.89. The summed E-state index contributed by atoms with van der Waals surface area (Å²) in [4.78, 5) is 12.8. The Morgan fingerprint density at radius 3 is 2.50 bits per heavy atom. The van der Waals surface area contributed by atoms with E-state index in [0.717, 1.165) is 17.1 Å². The van der Waals surface area contributed by atoms with E-state index < -0.39 is 11.7 Å². The van der Waals surface area contributed by atoms with E-state index in [1.165, 1.54) is 0 Å². The Hall–Kier alpha value is -2.89. The smallest absolute Gasteiger partial charge is 0.261 e. The summed E-state index contributed by atoms with van der Waals surface area (Å²) in [6.45, 7) is 5.75. The highest BCUT2D eigenvalue weighted by Gasteiger charge is 2.35. The first-order valence-electron chi connectivity index (χ1n) is 9.29. The minimum absolute atomic E-state index is 0.195. The second-order valence-electron chi connectivity index (χ2n) is 7.47. The molecular formula is C22H27NO5. The van der Waals surface area contributed by atoms with Crippen LogP contribution in [-0.4, -0.2) is 31.8 Å². The van der Waals surface area contributed by atoms with Crippen LogP contribution >= 0.6 is 0 Å². The molecule has 1 amide bonds. The molecule has 0 aliphatic carbocycles. The summed E-state index contributed by atoms with van der Waals surface area (Å²) < 4.78 is 22.4. The number of hydrogen-bond donors (Lipinski definition) is 1. The van der Waals surface area contributed by atoms with Crippen LogP contribution in [0.1, 0.15) is 38.8 Å². The average molecular weight is 385 g/mol.